The van der Waals surface area contributed by atoms with Crippen LogP contribution in [-0.4, -0.2) is 57.7 Å². The Hall–Kier alpha value is -1.22. The molecule has 1 unspecified atom stereocenters. The van der Waals surface area contributed by atoms with Crippen LogP contribution in [0.5, 0.6) is 0 Å². The molecule has 0 aromatic heterocycles. The fraction of sp³-hybridized carbons (Fsp3) is 0.571. The zero-order valence-electron chi connectivity index (χ0n) is 11.9. The van der Waals surface area contributed by atoms with Gasteiger partial charge in [-0.05, 0) is 37.1 Å². The van der Waals surface area contributed by atoms with Crippen molar-refractivity contribution in [3.8, 4) is 0 Å². The molecule has 118 valence electrons. The molecular formula is C14H21NO6. The second-order valence-electron chi connectivity index (χ2n) is 5.22. The van der Waals surface area contributed by atoms with E-state index in [2.05, 4.69) is 5.48 Å². The Morgan fingerprint density at radius 1 is 1.10 bits per heavy atom. The lowest BCUT2D eigenvalue weighted by Crippen LogP contribution is -2.59. The summed E-state index contributed by atoms with van der Waals surface area (Å²) in [6.07, 6.45) is -6.48. The minimum Gasteiger partial charge on any atom is -0.394 e. The third kappa shape index (κ3) is 3.52. The molecule has 0 spiro atoms. The highest BCUT2D eigenvalue weighted by atomic mass is 16.8. The molecule has 5 N–H and O–H groups in total. The van der Waals surface area contributed by atoms with Crippen molar-refractivity contribution in [2.45, 2.75) is 44.6 Å². The highest BCUT2D eigenvalue weighted by Gasteiger charge is 2.44. The maximum absolute atomic E-state index is 9.82. The van der Waals surface area contributed by atoms with E-state index in [0.29, 0.717) is 5.69 Å². The first-order chi connectivity index (χ1) is 9.93. The molecule has 1 heterocycles. The molecule has 5 atom stereocenters. The quantitative estimate of drug-likeness (QED) is 0.474. The van der Waals surface area contributed by atoms with E-state index in [9.17, 15) is 15.3 Å². The van der Waals surface area contributed by atoms with Gasteiger partial charge in [0.05, 0.1) is 12.3 Å². The molecule has 1 aliphatic heterocycles. The van der Waals surface area contributed by atoms with E-state index in [1.165, 1.54) is 0 Å². The van der Waals surface area contributed by atoms with E-state index in [4.69, 9.17) is 14.7 Å². The van der Waals surface area contributed by atoms with Crippen LogP contribution in [0.3, 0.4) is 0 Å². The smallest absolute Gasteiger partial charge is 0.212 e. The first kappa shape index (κ1) is 16.2. The van der Waals surface area contributed by atoms with Gasteiger partial charge in [0.15, 0.2) is 0 Å². The number of ether oxygens (including phenoxy) is 1. The van der Waals surface area contributed by atoms with Gasteiger partial charge in [0.2, 0.25) is 6.29 Å². The molecule has 0 amide bonds. The number of aliphatic hydroxyl groups excluding tert-OH is 4. The van der Waals surface area contributed by atoms with E-state index in [1.54, 1.807) is 6.07 Å². The summed E-state index contributed by atoms with van der Waals surface area (Å²) in [5, 5.41) is 38.2. The van der Waals surface area contributed by atoms with Crippen molar-refractivity contribution in [3.63, 3.8) is 0 Å². The molecule has 7 nitrogen and oxygen atoms in total. The Morgan fingerprint density at radius 3 is 2.43 bits per heavy atom. The monoisotopic (exact) mass is 299 g/mol. The molecular weight excluding hydrogens is 278 g/mol. The van der Waals surface area contributed by atoms with Crippen LogP contribution in [0.4, 0.5) is 5.69 Å². The van der Waals surface area contributed by atoms with Crippen molar-refractivity contribution >= 4 is 5.69 Å². The second-order valence-corrected chi connectivity index (χ2v) is 5.22. The van der Waals surface area contributed by atoms with Crippen LogP contribution in [-0.2, 0) is 9.57 Å². The Morgan fingerprint density at radius 2 is 1.81 bits per heavy atom. The Labute approximate surface area is 122 Å². The summed E-state index contributed by atoms with van der Waals surface area (Å²) < 4.78 is 5.21. The van der Waals surface area contributed by atoms with Gasteiger partial charge in [-0.2, -0.15) is 0 Å². The molecule has 1 aliphatic rings. The maximum atomic E-state index is 9.82. The van der Waals surface area contributed by atoms with Crippen molar-refractivity contribution in [3.05, 3.63) is 29.3 Å². The largest absolute Gasteiger partial charge is 0.394 e. The molecule has 2 rings (SSSR count). The zero-order chi connectivity index (χ0) is 15.6. The number of aliphatic hydroxyl groups is 4. The Kier molecular flexibility index (Phi) is 5.15. The Bertz CT molecular complexity index is 481. The summed E-state index contributed by atoms with van der Waals surface area (Å²) in [6, 6.07) is 5.57. The van der Waals surface area contributed by atoms with E-state index in [-0.39, 0.29) is 0 Å². The van der Waals surface area contributed by atoms with Crippen molar-refractivity contribution < 1.29 is 30.0 Å². The first-order valence-corrected chi connectivity index (χ1v) is 6.73. The number of rotatable bonds is 4. The minimum atomic E-state index is -1.46. The number of hydrogen-bond donors (Lipinski definition) is 5. The summed E-state index contributed by atoms with van der Waals surface area (Å²) in [7, 11) is 0. The van der Waals surface area contributed by atoms with Gasteiger partial charge in [0.1, 0.15) is 24.4 Å². The molecule has 0 saturated carbocycles. The van der Waals surface area contributed by atoms with E-state index in [0.717, 1.165) is 11.1 Å². The van der Waals surface area contributed by atoms with Gasteiger partial charge in [0.25, 0.3) is 0 Å². The third-order valence-electron chi connectivity index (χ3n) is 3.65. The molecule has 0 bridgehead atoms. The lowest BCUT2D eigenvalue weighted by Gasteiger charge is -2.39. The molecule has 0 aliphatic carbocycles. The van der Waals surface area contributed by atoms with Crippen molar-refractivity contribution in [2.75, 3.05) is 12.1 Å². The molecule has 1 fully saturated rings. The molecule has 1 saturated heterocycles. The van der Waals surface area contributed by atoms with Gasteiger partial charge in [-0.15, -0.1) is 0 Å². The van der Waals surface area contributed by atoms with Gasteiger partial charge in [-0.1, -0.05) is 6.07 Å². The van der Waals surface area contributed by atoms with Crippen LogP contribution in [0.1, 0.15) is 11.1 Å². The Balaban J connectivity index is 1.99. The molecule has 7 heteroatoms. The number of benzene rings is 1. The van der Waals surface area contributed by atoms with Gasteiger partial charge in [0, 0.05) is 0 Å². The SMILES string of the molecule is Cc1ccc(NOC2O[C@H](CO)[C@@H](O)[C@H](O)[C@H]2O)cc1C. The fourth-order valence-electron chi connectivity index (χ4n) is 2.10. The normalized spacial score (nSPS) is 33.0. The van der Waals surface area contributed by atoms with E-state index in [1.807, 2.05) is 26.0 Å². The highest BCUT2D eigenvalue weighted by Crippen LogP contribution is 2.23. The van der Waals surface area contributed by atoms with Crippen LogP contribution in [0, 0.1) is 13.8 Å². The summed E-state index contributed by atoms with van der Waals surface area (Å²) in [5.74, 6) is 0. The van der Waals surface area contributed by atoms with Crippen molar-refractivity contribution in [1.82, 2.24) is 0 Å². The predicted octanol–water partition coefficient (Wildman–Crippen LogP) is -0.553. The van der Waals surface area contributed by atoms with Gasteiger partial charge >= 0.3 is 0 Å². The molecule has 1 aromatic carbocycles. The summed E-state index contributed by atoms with van der Waals surface area (Å²) in [5.41, 5.74) is 5.50. The zero-order valence-corrected chi connectivity index (χ0v) is 11.9. The van der Waals surface area contributed by atoms with E-state index >= 15 is 0 Å². The lowest BCUT2D eigenvalue weighted by atomic mass is 9.99. The van der Waals surface area contributed by atoms with Crippen molar-refractivity contribution in [2.24, 2.45) is 0 Å². The van der Waals surface area contributed by atoms with Crippen LogP contribution >= 0.6 is 0 Å². The molecule has 0 radical (unpaired) electrons. The topological polar surface area (TPSA) is 111 Å². The van der Waals surface area contributed by atoms with Crippen LogP contribution < -0.4 is 5.48 Å². The molecule has 1 aromatic rings. The molecule has 21 heavy (non-hydrogen) atoms. The minimum absolute atomic E-state index is 0.492. The number of nitrogens with one attached hydrogen (secondary N) is 1. The highest BCUT2D eigenvalue weighted by molar-refractivity contribution is 5.46. The average Bonchev–Trinajstić information content (AvgIpc) is 2.47. The van der Waals surface area contributed by atoms with Gasteiger partial charge in [-0.3, -0.25) is 5.48 Å². The van der Waals surface area contributed by atoms with Gasteiger partial charge in [-0.25, -0.2) is 4.84 Å². The lowest BCUT2D eigenvalue weighted by molar-refractivity contribution is -0.294. The fourth-order valence-corrected chi connectivity index (χ4v) is 2.10. The summed E-state index contributed by atoms with van der Waals surface area (Å²) >= 11 is 0. The third-order valence-corrected chi connectivity index (χ3v) is 3.65. The van der Waals surface area contributed by atoms with Gasteiger partial charge < -0.3 is 25.2 Å². The van der Waals surface area contributed by atoms with Crippen molar-refractivity contribution in [1.29, 1.82) is 0 Å². The van der Waals surface area contributed by atoms with Crippen LogP contribution in [0.25, 0.3) is 0 Å². The predicted molar refractivity (Wildman–Crippen MR) is 74.4 cm³/mol. The average molecular weight is 299 g/mol. The first-order valence-electron chi connectivity index (χ1n) is 6.73. The van der Waals surface area contributed by atoms with Crippen LogP contribution in [0.15, 0.2) is 18.2 Å². The number of anilines is 1. The summed E-state index contributed by atoms with van der Waals surface area (Å²) in [6.45, 7) is 3.44. The number of hydrogen-bond acceptors (Lipinski definition) is 7. The standard InChI is InChI=1S/C14H21NO6/c1-7-3-4-9(5-8(7)2)15-21-14-13(19)12(18)11(17)10(6-16)20-14/h3-5,10-19H,6H2,1-2H3/t10-,11-,12+,13-,14?/m1/s1. The summed E-state index contributed by atoms with van der Waals surface area (Å²) in [4.78, 5) is 5.22. The van der Waals surface area contributed by atoms with E-state index < -0.39 is 37.3 Å². The maximum Gasteiger partial charge on any atom is 0.212 e. The number of aryl methyl sites for hydroxylation is 2. The van der Waals surface area contributed by atoms with Crippen LogP contribution in [0.2, 0.25) is 0 Å². The second kappa shape index (κ2) is 6.69.